The van der Waals surface area contributed by atoms with Crippen LogP contribution in [0.5, 0.6) is 17.2 Å². The van der Waals surface area contributed by atoms with Crippen molar-refractivity contribution in [1.82, 2.24) is 4.90 Å². The van der Waals surface area contributed by atoms with Gasteiger partial charge in [-0.05, 0) is 49.2 Å². The molecule has 2 aromatic carbocycles. The highest BCUT2D eigenvalue weighted by Gasteiger charge is 2.34. The zero-order valence-electron chi connectivity index (χ0n) is 16.6. The first-order valence-electron chi connectivity index (χ1n) is 9.40. The lowest BCUT2D eigenvalue weighted by Gasteiger charge is -2.38. The molecule has 0 saturated carbocycles. The molecule has 0 aromatic heterocycles. The fraction of sp³-hybridized carbons (Fsp3) is 0.409. The molecule has 3 rings (SSSR count). The summed E-state index contributed by atoms with van der Waals surface area (Å²) in [6.45, 7) is 1.29. The van der Waals surface area contributed by atoms with Gasteiger partial charge in [-0.3, -0.25) is 9.69 Å². The molecule has 0 spiro atoms. The van der Waals surface area contributed by atoms with Crippen LogP contribution >= 0.6 is 0 Å². The lowest BCUT2D eigenvalue weighted by molar-refractivity contribution is -0.143. The minimum atomic E-state index is -0.745. The highest BCUT2D eigenvalue weighted by Crippen LogP contribution is 2.42. The van der Waals surface area contributed by atoms with Gasteiger partial charge in [0.25, 0.3) is 0 Å². The van der Waals surface area contributed by atoms with Crippen molar-refractivity contribution in [2.24, 2.45) is 5.92 Å². The molecule has 2 aromatic rings. The van der Waals surface area contributed by atoms with Crippen molar-refractivity contribution in [1.29, 1.82) is 0 Å². The Hall–Kier alpha value is -2.73. The van der Waals surface area contributed by atoms with Crippen LogP contribution < -0.4 is 14.2 Å². The fourth-order valence-electron chi connectivity index (χ4n) is 3.94. The molecule has 1 saturated heterocycles. The largest absolute Gasteiger partial charge is 0.497 e. The Labute approximate surface area is 165 Å². The van der Waals surface area contributed by atoms with E-state index in [0.29, 0.717) is 13.0 Å². The number of carboxylic acid groups (broad SMARTS) is 1. The Morgan fingerprint density at radius 1 is 1.04 bits per heavy atom. The summed E-state index contributed by atoms with van der Waals surface area (Å²) in [6, 6.07) is 13.4. The van der Waals surface area contributed by atoms with Crippen LogP contribution in [-0.4, -0.2) is 50.4 Å². The van der Waals surface area contributed by atoms with Crippen LogP contribution in [0.1, 0.15) is 30.0 Å². The Balaban J connectivity index is 2.11. The second-order valence-electron chi connectivity index (χ2n) is 6.92. The van der Waals surface area contributed by atoms with Crippen LogP contribution in [-0.2, 0) is 4.79 Å². The van der Waals surface area contributed by atoms with Gasteiger partial charge in [-0.15, -0.1) is 0 Å². The topological polar surface area (TPSA) is 68.2 Å². The van der Waals surface area contributed by atoms with Crippen LogP contribution in [0.2, 0.25) is 0 Å². The lowest BCUT2D eigenvalue weighted by atomic mass is 9.90. The number of rotatable bonds is 7. The van der Waals surface area contributed by atoms with Gasteiger partial charge in [0.2, 0.25) is 0 Å². The second-order valence-corrected chi connectivity index (χ2v) is 6.92. The lowest BCUT2D eigenvalue weighted by Crippen LogP contribution is -2.41. The molecule has 2 unspecified atom stereocenters. The number of ether oxygens (including phenoxy) is 3. The van der Waals surface area contributed by atoms with Gasteiger partial charge in [-0.25, -0.2) is 0 Å². The molecule has 1 heterocycles. The first-order chi connectivity index (χ1) is 13.6. The Bertz CT molecular complexity index is 783. The quantitative estimate of drug-likeness (QED) is 0.785. The summed E-state index contributed by atoms with van der Waals surface area (Å²) in [6.07, 6.45) is 1.53. The van der Waals surface area contributed by atoms with Crippen LogP contribution in [0.15, 0.2) is 42.5 Å². The van der Waals surface area contributed by atoms with Gasteiger partial charge in [0.15, 0.2) is 0 Å². The van der Waals surface area contributed by atoms with E-state index in [2.05, 4.69) is 4.90 Å². The molecule has 28 heavy (non-hydrogen) atoms. The number of hydrogen-bond acceptors (Lipinski definition) is 5. The predicted octanol–water partition coefficient (Wildman–Crippen LogP) is 3.60. The van der Waals surface area contributed by atoms with Gasteiger partial charge in [0, 0.05) is 6.54 Å². The molecule has 0 aliphatic carbocycles. The van der Waals surface area contributed by atoms with E-state index < -0.39 is 5.97 Å². The molecular formula is C22H27NO5. The van der Waals surface area contributed by atoms with Crippen molar-refractivity contribution >= 4 is 5.97 Å². The third-order valence-electron chi connectivity index (χ3n) is 5.34. The number of likely N-dealkylation sites (tertiary alicyclic amines) is 1. The third kappa shape index (κ3) is 4.07. The first-order valence-corrected chi connectivity index (χ1v) is 9.40. The highest BCUT2D eigenvalue weighted by molar-refractivity contribution is 5.70. The predicted molar refractivity (Wildman–Crippen MR) is 106 cm³/mol. The van der Waals surface area contributed by atoms with E-state index in [0.717, 1.165) is 41.3 Å². The number of carbonyl (C=O) groups is 1. The Morgan fingerprint density at radius 2 is 1.68 bits per heavy atom. The molecule has 150 valence electrons. The van der Waals surface area contributed by atoms with Crippen LogP contribution in [0.4, 0.5) is 0 Å². The van der Waals surface area contributed by atoms with Crippen molar-refractivity contribution in [2.75, 3.05) is 34.4 Å². The van der Waals surface area contributed by atoms with Gasteiger partial charge >= 0.3 is 5.97 Å². The van der Waals surface area contributed by atoms with E-state index in [4.69, 9.17) is 14.2 Å². The first kappa shape index (κ1) is 20.0. The van der Waals surface area contributed by atoms with Gasteiger partial charge in [0.1, 0.15) is 17.2 Å². The number of benzene rings is 2. The molecule has 1 aliphatic rings. The standard InChI is InChI=1S/C22H27NO5/c1-26-17-11-9-15(10-12-17)21(23-13-5-6-16(14-23)22(24)25)20-18(27-2)7-4-8-19(20)28-3/h4,7-12,16,21H,5-6,13-14H2,1-3H3,(H,24,25). The van der Waals surface area contributed by atoms with Crippen LogP contribution in [0.3, 0.4) is 0 Å². The molecule has 1 N–H and O–H groups in total. The van der Waals surface area contributed by atoms with E-state index in [1.54, 1.807) is 21.3 Å². The van der Waals surface area contributed by atoms with Crippen molar-refractivity contribution in [3.05, 3.63) is 53.6 Å². The molecule has 0 bridgehead atoms. The summed E-state index contributed by atoms with van der Waals surface area (Å²) in [4.78, 5) is 13.8. The molecule has 0 radical (unpaired) electrons. The number of nitrogens with zero attached hydrogens (tertiary/aromatic N) is 1. The molecule has 2 atom stereocenters. The molecule has 1 fully saturated rings. The van der Waals surface area contributed by atoms with Gasteiger partial charge in [0.05, 0.1) is 38.9 Å². The molecule has 6 heteroatoms. The summed E-state index contributed by atoms with van der Waals surface area (Å²) < 4.78 is 16.6. The Kier molecular flexibility index (Phi) is 6.41. The number of methoxy groups -OCH3 is 3. The van der Waals surface area contributed by atoms with Crippen molar-refractivity contribution in [3.8, 4) is 17.2 Å². The second kappa shape index (κ2) is 8.97. The van der Waals surface area contributed by atoms with Gasteiger partial charge in [-0.2, -0.15) is 0 Å². The van der Waals surface area contributed by atoms with E-state index in [9.17, 15) is 9.90 Å². The smallest absolute Gasteiger partial charge is 0.307 e. The number of hydrogen-bond donors (Lipinski definition) is 1. The molecular weight excluding hydrogens is 358 g/mol. The van der Waals surface area contributed by atoms with E-state index in [-0.39, 0.29) is 12.0 Å². The van der Waals surface area contributed by atoms with Crippen molar-refractivity contribution < 1.29 is 24.1 Å². The maximum absolute atomic E-state index is 11.6. The van der Waals surface area contributed by atoms with Crippen molar-refractivity contribution in [3.63, 3.8) is 0 Å². The zero-order valence-corrected chi connectivity index (χ0v) is 16.6. The molecule has 0 amide bonds. The molecule has 1 aliphatic heterocycles. The zero-order chi connectivity index (χ0) is 20.1. The highest BCUT2D eigenvalue weighted by atomic mass is 16.5. The maximum Gasteiger partial charge on any atom is 0.307 e. The molecule has 6 nitrogen and oxygen atoms in total. The van der Waals surface area contributed by atoms with Crippen molar-refractivity contribution in [2.45, 2.75) is 18.9 Å². The summed E-state index contributed by atoms with van der Waals surface area (Å²) in [5.41, 5.74) is 1.94. The summed E-state index contributed by atoms with van der Waals surface area (Å²) in [5, 5.41) is 9.56. The van der Waals surface area contributed by atoms with Gasteiger partial charge in [-0.1, -0.05) is 18.2 Å². The van der Waals surface area contributed by atoms with E-state index >= 15 is 0 Å². The Morgan fingerprint density at radius 3 is 2.21 bits per heavy atom. The van der Waals surface area contributed by atoms with E-state index in [1.165, 1.54) is 0 Å². The minimum Gasteiger partial charge on any atom is -0.497 e. The normalized spacial score (nSPS) is 18.3. The average Bonchev–Trinajstić information content (AvgIpc) is 2.74. The van der Waals surface area contributed by atoms with Crippen LogP contribution in [0, 0.1) is 5.92 Å². The van der Waals surface area contributed by atoms with E-state index in [1.807, 2.05) is 42.5 Å². The monoisotopic (exact) mass is 385 g/mol. The third-order valence-corrected chi connectivity index (χ3v) is 5.34. The fourth-order valence-corrected chi connectivity index (χ4v) is 3.94. The number of carboxylic acids is 1. The SMILES string of the molecule is COc1ccc(C(c2c(OC)cccc2OC)N2CCCC(C(=O)O)C2)cc1. The summed E-state index contributed by atoms with van der Waals surface area (Å²) in [7, 11) is 4.91. The maximum atomic E-state index is 11.6. The van der Waals surface area contributed by atoms with Crippen LogP contribution in [0.25, 0.3) is 0 Å². The minimum absolute atomic E-state index is 0.181. The number of piperidine rings is 1. The van der Waals surface area contributed by atoms with Gasteiger partial charge < -0.3 is 19.3 Å². The number of aliphatic carboxylic acids is 1. The summed E-state index contributed by atoms with van der Waals surface area (Å²) >= 11 is 0. The summed E-state index contributed by atoms with van der Waals surface area (Å²) in [5.74, 6) is 1.09. The average molecular weight is 385 g/mol.